The van der Waals surface area contributed by atoms with Crippen LogP contribution in [0, 0.1) is 0 Å². The number of para-hydroxylation sites is 1. The Kier molecular flexibility index (Phi) is 4.77. The minimum Gasteiger partial charge on any atom is -0.345 e. The number of carbonyl (C=O) groups is 1. The number of rotatable bonds is 4. The van der Waals surface area contributed by atoms with Crippen molar-refractivity contribution in [2.75, 3.05) is 0 Å². The minimum absolute atomic E-state index is 0.117. The molecule has 138 valence electrons. The average molecular weight is 368 g/mol. The van der Waals surface area contributed by atoms with Crippen LogP contribution in [0.2, 0.25) is 0 Å². The van der Waals surface area contributed by atoms with Crippen molar-refractivity contribution in [3.05, 3.63) is 106 Å². The van der Waals surface area contributed by atoms with E-state index in [0.29, 0.717) is 5.52 Å². The predicted octanol–water partition coefficient (Wildman–Crippen LogP) is 4.69. The fraction of sp³-hybridized carbons (Fsp3) is 0.0833. The SMILES string of the molecule is CC(NC(=O)c1cc2ccccc2[nH]c1=O)c1ccc(-c2ccccc2)cc1. The van der Waals surface area contributed by atoms with Crippen LogP contribution in [-0.4, -0.2) is 10.9 Å². The van der Waals surface area contributed by atoms with Gasteiger partial charge in [0.1, 0.15) is 5.56 Å². The normalized spacial score (nSPS) is 11.9. The van der Waals surface area contributed by atoms with Crippen molar-refractivity contribution in [1.82, 2.24) is 10.3 Å². The third-order valence-electron chi connectivity index (χ3n) is 4.86. The summed E-state index contributed by atoms with van der Waals surface area (Å²) < 4.78 is 0. The van der Waals surface area contributed by atoms with Gasteiger partial charge < -0.3 is 10.3 Å². The zero-order chi connectivity index (χ0) is 19.5. The van der Waals surface area contributed by atoms with Gasteiger partial charge in [-0.3, -0.25) is 9.59 Å². The Hall–Kier alpha value is -3.66. The van der Waals surface area contributed by atoms with Gasteiger partial charge in [-0.2, -0.15) is 0 Å². The fourth-order valence-corrected chi connectivity index (χ4v) is 3.27. The summed E-state index contributed by atoms with van der Waals surface area (Å²) in [6.45, 7) is 1.91. The Balaban J connectivity index is 1.53. The molecule has 1 heterocycles. The third kappa shape index (κ3) is 3.58. The minimum atomic E-state index is -0.386. The van der Waals surface area contributed by atoms with E-state index in [0.717, 1.165) is 22.1 Å². The molecular weight excluding hydrogens is 348 g/mol. The number of nitrogens with one attached hydrogen (secondary N) is 2. The molecule has 0 bridgehead atoms. The van der Waals surface area contributed by atoms with Crippen LogP contribution in [-0.2, 0) is 0 Å². The number of pyridine rings is 1. The van der Waals surface area contributed by atoms with Gasteiger partial charge in [0, 0.05) is 5.52 Å². The monoisotopic (exact) mass is 368 g/mol. The molecule has 0 saturated heterocycles. The van der Waals surface area contributed by atoms with Gasteiger partial charge in [-0.1, -0.05) is 72.8 Å². The summed E-state index contributed by atoms with van der Waals surface area (Å²) in [4.78, 5) is 27.7. The first-order valence-electron chi connectivity index (χ1n) is 9.20. The fourth-order valence-electron chi connectivity index (χ4n) is 3.27. The zero-order valence-electron chi connectivity index (χ0n) is 15.5. The Labute approximate surface area is 162 Å². The molecule has 28 heavy (non-hydrogen) atoms. The molecule has 0 aliphatic carbocycles. The van der Waals surface area contributed by atoms with Gasteiger partial charge in [-0.25, -0.2) is 0 Å². The summed E-state index contributed by atoms with van der Waals surface area (Å²) in [5.41, 5.74) is 3.69. The van der Waals surface area contributed by atoms with Crippen molar-refractivity contribution in [2.24, 2.45) is 0 Å². The third-order valence-corrected chi connectivity index (χ3v) is 4.86. The van der Waals surface area contributed by atoms with Gasteiger partial charge in [0.2, 0.25) is 0 Å². The summed E-state index contributed by atoms with van der Waals surface area (Å²) in [6.07, 6.45) is 0. The van der Waals surface area contributed by atoms with E-state index in [-0.39, 0.29) is 23.1 Å². The Morgan fingerprint density at radius 2 is 1.50 bits per heavy atom. The maximum Gasteiger partial charge on any atom is 0.261 e. The lowest BCUT2D eigenvalue weighted by Gasteiger charge is -2.15. The summed E-state index contributed by atoms with van der Waals surface area (Å²) >= 11 is 0. The molecule has 0 spiro atoms. The molecule has 1 aromatic heterocycles. The molecule has 4 rings (SSSR count). The molecule has 4 aromatic rings. The van der Waals surface area contributed by atoms with Gasteiger partial charge in [0.05, 0.1) is 6.04 Å². The van der Waals surface area contributed by atoms with Crippen LogP contribution in [0.5, 0.6) is 0 Å². The number of benzene rings is 3. The van der Waals surface area contributed by atoms with Crippen molar-refractivity contribution >= 4 is 16.8 Å². The van der Waals surface area contributed by atoms with Crippen LogP contribution >= 0.6 is 0 Å². The van der Waals surface area contributed by atoms with Crippen molar-refractivity contribution in [3.63, 3.8) is 0 Å². The summed E-state index contributed by atoms with van der Waals surface area (Å²) in [6, 6.07) is 27.0. The topological polar surface area (TPSA) is 62.0 Å². The van der Waals surface area contributed by atoms with E-state index >= 15 is 0 Å². The summed E-state index contributed by atoms with van der Waals surface area (Å²) in [7, 11) is 0. The van der Waals surface area contributed by atoms with E-state index in [9.17, 15) is 9.59 Å². The molecule has 0 saturated carbocycles. The second kappa shape index (κ2) is 7.53. The predicted molar refractivity (Wildman–Crippen MR) is 112 cm³/mol. The molecular formula is C24H20N2O2. The number of hydrogen-bond donors (Lipinski definition) is 2. The first-order chi connectivity index (χ1) is 13.6. The van der Waals surface area contributed by atoms with Crippen LogP contribution in [0.15, 0.2) is 89.7 Å². The first-order valence-corrected chi connectivity index (χ1v) is 9.20. The van der Waals surface area contributed by atoms with E-state index in [2.05, 4.69) is 22.4 Å². The molecule has 0 radical (unpaired) electrons. The smallest absolute Gasteiger partial charge is 0.261 e. The van der Waals surface area contributed by atoms with Crippen molar-refractivity contribution in [2.45, 2.75) is 13.0 Å². The molecule has 0 aliphatic heterocycles. The number of aromatic amines is 1. The van der Waals surface area contributed by atoms with Crippen molar-refractivity contribution < 1.29 is 4.79 Å². The zero-order valence-corrected chi connectivity index (χ0v) is 15.5. The number of H-pyrrole nitrogens is 1. The number of amides is 1. The van der Waals surface area contributed by atoms with E-state index in [1.54, 1.807) is 6.07 Å². The highest BCUT2D eigenvalue weighted by atomic mass is 16.2. The summed E-state index contributed by atoms with van der Waals surface area (Å²) in [5.74, 6) is -0.383. The van der Waals surface area contributed by atoms with Crippen LogP contribution in [0.4, 0.5) is 0 Å². The molecule has 1 amide bonds. The van der Waals surface area contributed by atoms with E-state index < -0.39 is 0 Å². The largest absolute Gasteiger partial charge is 0.345 e. The number of hydrogen-bond acceptors (Lipinski definition) is 2. The van der Waals surface area contributed by atoms with Crippen LogP contribution in [0.25, 0.3) is 22.0 Å². The summed E-state index contributed by atoms with van der Waals surface area (Å²) in [5, 5.41) is 3.74. The van der Waals surface area contributed by atoms with Crippen LogP contribution in [0.3, 0.4) is 0 Å². The van der Waals surface area contributed by atoms with Gasteiger partial charge in [-0.05, 0) is 41.1 Å². The molecule has 0 fully saturated rings. The molecule has 0 aliphatic rings. The van der Waals surface area contributed by atoms with E-state index in [1.165, 1.54) is 0 Å². The lowest BCUT2D eigenvalue weighted by molar-refractivity contribution is 0.0938. The molecule has 2 N–H and O–H groups in total. The lowest BCUT2D eigenvalue weighted by Crippen LogP contribution is -2.31. The maximum absolute atomic E-state index is 12.7. The van der Waals surface area contributed by atoms with Crippen molar-refractivity contribution in [3.8, 4) is 11.1 Å². The Morgan fingerprint density at radius 3 is 2.25 bits per heavy atom. The molecule has 4 nitrogen and oxygen atoms in total. The van der Waals surface area contributed by atoms with E-state index in [4.69, 9.17) is 0 Å². The van der Waals surface area contributed by atoms with Gasteiger partial charge in [0.25, 0.3) is 11.5 Å². The highest BCUT2D eigenvalue weighted by Crippen LogP contribution is 2.22. The number of carbonyl (C=O) groups excluding carboxylic acids is 1. The van der Waals surface area contributed by atoms with Crippen LogP contribution < -0.4 is 10.9 Å². The Bertz CT molecular complexity index is 1180. The van der Waals surface area contributed by atoms with Gasteiger partial charge in [0.15, 0.2) is 0 Å². The molecule has 4 heteroatoms. The number of aromatic nitrogens is 1. The van der Waals surface area contributed by atoms with Gasteiger partial charge >= 0.3 is 0 Å². The molecule has 1 atom stereocenters. The van der Waals surface area contributed by atoms with E-state index in [1.807, 2.05) is 73.7 Å². The first kappa shape index (κ1) is 17.7. The molecule has 1 unspecified atom stereocenters. The van der Waals surface area contributed by atoms with Crippen LogP contribution in [0.1, 0.15) is 28.9 Å². The van der Waals surface area contributed by atoms with Crippen molar-refractivity contribution in [1.29, 1.82) is 0 Å². The standard InChI is InChI=1S/C24H20N2O2/c1-16(17-11-13-19(14-12-17)18-7-3-2-4-8-18)25-23(27)21-15-20-9-5-6-10-22(20)26-24(21)28/h2-16H,1H3,(H,25,27)(H,26,28). The quantitative estimate of drug-likeness (QED) is 0.549. The second-order valence-electron chi connectivity index (χ2n) is 6.78. The average Bonchev–Trinajstić information content (AvgIpc) is 2.74. The number of fused-ring (bicyclic) bond motifs is 1. The van der Waals surface area contributed by atoms with Gasteiger partial charge in [-0.15, -0.1) is 0 Å². The second-order valence-corrected chi connectivity index (χ2v) is 6.78. The highest BCUT2D eigenvalue weighted by molar-refractivity contribution is 5.97. The molecule has 3 aromatic carbocycles. The highest BCUT2D eigenvalue weighted by Gasteiger charge is 2.15. The maximum atomic E-state index is 12.7. The lowest BCUT2D eigenvalue weighted by atomic mass is 10.0. The Morgan fingerprint density at radius 1 is 0.857 bits per heavy atom.